The van der Waals surface area contributed by atoms with Crippen molar-refractivity contribution in [1.82, 2.24) is 60.1 Å². The van der Waals surface area contributed by atoms with Crippen molar-refractivity contribution in [2.75, 3.05) is 110 Å². The lowest BCUT2D eigenvalue weighted by atomic mass is 10.0. The zero-order chi connectivity index (χ0) is 84.2. The van der Waals surface area contributed by atoms with Gasteiger partial charge in [-0.3, -0.25) is 23.5 Å². The monoisotopic (exact) mass is 1630 g/mol. The van der Waals surface area contributed by atoms with Crippen LogP contribution in [-0.2, 0) is 56.2 Å². The summed E-state index contributed by atoms with van der Waals surface area (Å²) in [4.78, 5) is 83.4. The lowest BCUT2D eigenvalue weighted by molar-refractivity contribution is -0.122. The number of hydrogen-bond donors (Lipinski definition) is 7. The number of urea groups is 1. The van der Waals surface area contributed by atoms with Crippen molar-refractivity contribution in [3.8, 4) is 12.1 Å². The molecule has 4 aliphatic rings. The molecule has 0 radical (unpaired) electrons. The van der Waals surface area contributed by atoms with E-state index in [1.807, 2.05) is 81.0 Å². The molecule has 2 aromatic rings. The van der Waals surface area contributed by atoms with Crippen LogP contribution in [0.4, 0.5) is 20.9 Å². The molecule has 632 valence electrons. The average Bonchev–Trinajstić information content (AvgIpc) is 1.66. The van der Waals surface area contributed by atoms with Crippen LogP contribution < -0.4 is 48.6 Å². The Morgan fingerprint density at radius 3 is 1.48 bits per heavy atom. The summed E-state index contributed by atoms with van der Waals surface area (Å²) >= 11 is 1.90. The van der Waals surface area contributed by atoms with E-state index in [2.05, 4.69) is 68.7 Å². The minimum atomic E-state index is -1.61. The van der Waals surface area contributed by atoms with Gasteiger partial charge in [0.15, 0.2) is 0 Å². The molecule has 2 aromatic heterocycles. The number of carbonyl (C=O) groups excluding carboxylic acids is 4. The largest absolute Gasteiger partial charge is 0.382 e. The number of aromatic nitrogens is 4. The van der Waals surface area contributed by atoms with Crippen LogP contribution in [0.3, 0.4) is 0 Å². The minimum Gasteiger partial charge on any atom is -0.382 e. The predicted octanol–water partition coefficient (Wildman–Crippen LogP) is 11.5. The van der Waals surface area contributed by atoms with Crippen molar-refractivity contribution in [2.24, 2.45) is 0 Å². The third-order valence-corrected chi connectivity index (χ3v) is 24.9. The van der Waals surface area contributed by atoms with Gasteiger partial charge in [0.1, 0.15) is 43.0 Å². The van der Waals surface area contributed by atoms with Gasteiger partial charge >= 0.3 is 17.4 Å². The molecule has 13 unspecified atom stereocenters. The van der Waals surface area contributed by atoms with Crippen molar-refractivity contribution >= 4 is 64.2 Å². The second-order valence-electron chi connectivity index (χ2n) is 29.5. The number of anilines is 2. The number of nitriles is 2. The van der Waals surface area contributed by atoms with E-state index in [1.165, 1.54) is 16.2 Å². The number of unbranched alkanes of at least 4 members (excludes halogenated alkanes) is 11. The molecule has 6 heterocycles. The number of methoxy groups -OCH3 is 3. The summed E-state index contributed by atoms with van der Waals surface area (Å²) in [5.41, 5.74) is 0.561. The summed E-state index contributed by atoms with van der Waals surface area (Å²) in [6, 6.07) is 4.91. The van der Waals surface area contributed by atoms with E-state index in [0.717, 1.165) is 126 Å². The van der Waals surface area contributed by atoms with Crippen LogP contribution in [0.25, 0.3) is 0 Å². The molecule has 0 aromatic carbocycles. The van der Waals surface area contributed by atoms with Gasteiger partial charge < -0.3 is 79.0 Å². The maximum atomic E-state index is 13.3. The smallest absolute Gasteiger partial charge is 0.351 e. The van der Waals surface area contributed by atoms with Gasteiger partial charge in [-0.05, 0) is 133 Å². The van der Waals surface area contributed by atoms with E-state index in [9.17, 15) is 33.2 Å². The number of fused-ring (bicyclic) bond motifs is 1. The van der Waals surface area contributed by atoms with E-state index >= 15 is 0 Å². The number of halogens is 1. The molecule has 4 fully saturated rings. The van der Waals surface area contributed by atoms with Gasteiger partial charge in [0.25, 0.3) is 17.1 Å². The van der Waals surface area contributed by atoms with Crippen LogP contribution in [0.2, 0.25) is 0 Å². The van der Waals surface area contributed by atoms with E-state index < -0.39 is 79.4 Å². The lowest BCUT2D eigenvalue weighted by Crippen LogP contribution is -2.36. The molecule has 7 N–H and O–H groups in total. The number of hydrogen-bond acceptors (Lipinski definition) is 25. The van der Waals surface area contributed by atoms with Crippen LogP contribution in [0.1, 0.15) is 240 Å². The highest BCUT2D eigenvalue weighted by Crippen LogP contribution is 2.51. The molecule has 0 bridgehead atoms. The fraction of sp³-hybridized carbons (Fsp3) is 0.816. The summed E-state index contributed by atoms with van der Waals surface area (Å²) in [5, 5.41) is 40.7. The van der Waals surface area contributed by atoms with Crippen LogP contribution in [0.5, 0.6) is 0 Å². The highest BCUT2D eigenvalue weighted by Gasteiger charge is 2.45. The average molecular weight is 1630 g/mol. The number of carbonyl (C=O) groups is 4. The minimum absolute atomic E-state index is 0. The first-order chi connectivity index (χ1) is 55.1. The number of thioether (sulfide) groups is 1. The molecular weight excluding hydrogens is 1490 g/mol. The van der Waals surface area contributed by atoms with Crippen LogP contribution in [-0.4, -0.2) is 223 Å². The summed E-state index contributed by atoms with van der Waals surface area (Å²) in [6.07, 6.45) is 16.7. The first kappa shape index (κ1) is 89.6. The predicted molar refractivity (Wildman–Crippen MR) is 433 cm³/mol. The highest BCUT2D eigenvalue weighted by molar-refractivity contribution is 8.00. The third kappa shape index (κ3) is 35.4. The summed E-state index contributed by atoms with van der Waals surface area (Å²) in [6.45, 7) is 23.7. The molecule has 0 saturated carbocycles. The summed E-state index contributed by atoms with van der Waals surface area (Å²) < 4.78 is 103. The second kappa shape index (κ2) is 54.5. The molecule has 111 heavy (non-hydrogen) atoms. The molecule has 13 atom stereocenters. The lowest BCUT2D eigenvalue weighted by Gasteiger charge is -2.37. The highest BCUT2D eigenvalue weighted by atomic mass is 32.2. The Morgan fingerprint density at radius 1 is 0.649 bits per heavy atom. The van der Waals surface area contributed by atoms with Crippen LogP contribution in [0, 0.1) is 36.5 Å². The molecule has 35 heteroatoms. The molecule has 5 amide bonds. The van der Waals surface area contributed by atoms with E-state index in [0.29, 0.717) is 87.0 Å². The number of amides is 5. The number of aryl methyl sites for hydroxylation is 2. The zero-order valence-electron chi connectivity index (χ0n) is 71.6. The Balaban J connectivity index is 0.000000540. The summed E-state index contributed by atoms with van der Waals surface area (Å²) in [7, 11) is -4.76. The topological polar surface area (TPSA) is 363 Å². The molecular formula is C76H135FN16O15P2S. The van der Waals surface area contributed by atoms with Gasteiger partial charge in [0.2, 0.25) is 17.7 Å². The van der Waals surface area contributed by atoms with Gasteiger partial charge in [0, 0.05) is 153 Å². The van der Waals surface area contributed by atoms with E-state index in [-0.39, 0.29) is 114 Å². The van der Waals surface area contributed by atoms with Crippen LogP contribution >= 0.6 is 28.8 Å². The number of nitrogens with zero attached hydrogens (tertiary/aromatic N) is 9. The standard InChI is InChI=1S/C48H83N10O9PS.C28H50FN6O6P.H2/c1-34(2)58(35(3)4)68(65-29-19-24-49)67-38-30-44(66-39(38)32-64-6)57-31-36(5)46(56-48(57)63)53-28-16-8-7-15-25-50-41(59)21-11-9-17-26-51-42(60)22-12-10-18-27-52-43(61)23-14-13-20-40-45-37(33-69-40)54-47(62)55-45;1-21(2)35(22(3)4)42(39-16-12-13-30)41-24-17-26(40-25(24)19-37-6)34-18-23(5)27(32-28(34)36)31-14-10-8-9-11-15-33(29)20-38-7;/h31,34-35,37-40,44-45H,7-23,25-30,32-33H2,1-6H3,(H,50,59)(H,51,60)(H,52,61)(H,53,56,63)(H2,54,55,62);18,21-22,24-26H,8-12,14-17,19-20H2,1-7H3,(H,31,32,36);1H/i2*6TD;. The maximum Gasteiger partial charge on any atom is 0.351 e. The van der Waals surface area contributed by atoms with Crippen molar-refractivity contribution in [1.29, 1.82) is 10.5 Å². The fourth-order valence-corrected chi connectivity index (χ4v) is 18.6. The molecule has 31 nitrogen and oxygen atoms in total. The first-order valence-corrected chi connectivity index (χ1v) is 43.2. The fourth-order valence-electron chi connectivity index (χ4n) is 13.6. The normalized spacial score (nSPS) is 21.7. The van der Waals surface area contributed by atoms with E-state index in [1.54, 1.807) is 12.4 Å². The molecule has 4 aliphatic heterocycles. The van der Waals surface area contributed by atoms with Gasteiger partial charge in [-0.15, -0.1) is 9.60 Å². The number of rotatable bonds is 57. The number of ether oxygens (including phenoxy) is 5. The Hall–Kier alpha value is -5.32. The van der Waals surface area contributed by atoms with Crippen molar-refractivity contribution in [2.45, 2.75) is 302 Å². The van der Waals surface area contributed by atoms with Crippen molar-refractivity contribution in [3.05, 3.63) is 44.5 Å². The maximum absolute atomic E-state index is 13.3. The van der Waals surface area contributed by atoms with Gasteiger partial charge in [-0.2, -0.15) is 32.3 Å². The Kier molecular flexibility index (Phi) is 44.0. The SMILES string of the molecule is [2H]C([3H])OCC1OC(n2cc(C)c(NCCCCCCN(F)COC)nc2=O)CC1OP(OCCC#N)N(C(C)C)C(C)C.[2H]C([3H])OCC1OC(n2cc(C)c(NCCCCCCNC(=O)CCCCCNC(=O)CCCCCNC(=O)CCCCC3SCC4NC(=O)NC43)nc2=O)CC1OP(OCCC#N)N(C(C)C)C(C)C.[HH]. The van der Waals surface area contributed by atoms with Crippen molar-refractivity contribution < 1.29 is 72.3 Å². The molecule has 4 saturated heterocycles. The van der Waals surface area contributed by atoms with Gasteiger partial charge in [-0.1, -0.05) is 44.9 Å². The van der Waals surface area contributed by atoms with Gasteiger partial charge in [0.05, 0.1) is 81.2 Å². The first-order valence-electron chi connectivity index (χ1n) is 42.2. The Labute approximate surface area is 672 Å². The molecule has 0 spiro atoms. The van der Waals surface area contributed by atoms with Crippen molar-refractivity contribution in [3.63, 3.8) is 0 Å². The second-order valence-corrected chi connectivity index (χ2v) is 33.6. The van der Waals surface area contributed by atoms with Gasteiger partial charge in [-0.25, -0.2) is 23.7 Å². The Morgan fingerprint density at radius 2 is 1.06 bits per heavy atom. The quantitative estimate of drug-likeness (QED) is 0.0106. The molecule has 6 rings (SSSR count). The summed E-state index contributed by atoms with van der Waals surface area (Å²) in [5.74, 6) is 2.09. The zero-order valence-corrected chi connectivity index (χ0v) is 70.2. The Bertz CT molecular complexity index is 3350. The molecule has 0 aliphatic carbocycles. The van der Waals surface area contributed by atoms with Crippen LogP contribution in [0.15, 0.2) is 22.0 Å². The number of nitrogens with one attached hydrogen (secondary N) is 7. The van der Waals surface area contributed by atoms with E-state index in [4.69, 9.17) is 57.8 Å². The third-order valence-electron chi connectivity index (χ3n) is 19.0.